The molecule has 0 atom stereocenters. The van der Waals surface area contributed by atoms with E-state index in [9.17, 15) is 14.7 Å². The minimum Gasteiger partial charge on any atom is -0.481 e. The monoisotopic (exact) mass is 283 g/mol. The fraction of sp³-hybridized carbons (Fsp3) is 0.875. The lowest BCUT2D eigenvalue weighted by atomic mass is 9.77. The van der Waals surface area contributed by atoms with E-state index >= 15 is 0 Å². The van der Waals surface area contributed by atoms with E-state index in [1.165, 1.54) is 12.8 Å². The van der Waals surface area contributed by atoms with Gasteiger partial charge < -0.3 is 10.4 Å². The van der Waals surface area contributed by atoms with E-state index in [1.54, 1.807) is 0 Å². The van der Waals surface area contributed by atoms with Crippen LogP contribution < -0.4 is 5.32 Å². The highest BCUT2D eigenvalue weighted by molar-refractivity contribution is 5.85. The molecule has 0 saturated heterocycles. The molecule has 1 rings (SSSR count). The molecule has 20 heavy (non-hydrogen) atoms. The first-order valence-corrected chi connectivity index (χ1v) is 8.11. The molecule has 1 saturated carbocycles. The Kier molecular flexibility index (Phi) is 7.63. The Morgan fingerprint density at radius 2 is 1.70 bits per heavy atom. The first-order chi connectivity index (χ1) is 9.60. The van der Waals surface area contributed by atoms with Gasteiger partial charge in [0, 0.05) is 13.0 Å². The van der Waals surface area contributed by atoms with E-state index in [2.05, 4.69) is 12.2 Å². The lowest BCUT2D eigenvalue weighted by Crippen LogP contribution is -2.37. The topological polar surface area (TPSA) is 66.4 Å². The maximum atomic E-state index is 12.0. The number of aliphatic carboxylic acids is 1. The zero-order chi connectivity index (χ0) is 14.8. The molecule has 1 aliphatic carbocycles. The number of amides is 1. The fourth-order valence-electron chi connectivity index (χ4n) is 3.02. The molecule has 4 heteroatoms. The van der Waals surface area contributed by atoms with Gasteiger partial charge >= 0.3 is 5.97 Å². The van der Waals surface area contributed by atoms with Gasteiger partial charge in [-0.2, -0.15) is 0 Å². The first-order valence-electron chi connectivity index (χ1n) is 8.11. The van der Waals surface area contributed by atoms with Gasteiger partial charge in [-0.3, -0.25) is 9.59 Å². The van der Waals surface area contributed by atoms with Crippen molar-refractivity contribution in [2.45, 2.75) is 77.6 Å². The maximum absolute atomic E-state index is 12.0. The fourth-order valence-corrected chi connectivity index (χ4v) is 3.02. The zero-order valence-corrected chi connectivity index (χ0v) is 12.7. The van der Waals surface area contributed by atoms with Gasteiger partial charge in [-0.1, -0.05) is 51.9 Å². The van der Waals surface area contributed by atoms with E-state index in [0.29, 0.717) is 19.4 Å². The van der Waals surface area contributed by atoms with Crippen LogP contribution in [-0.2, 0) is 9.59 Å². The van der Waals surface area contributed by atoms with Crippen molar-refractivity contribution >= 4 is 11.9 Å². The Hall–Kier alpha value is -1.06. The molecule has 116 valence electrons. The summed E-state index contributed by atoms with van der Waals surface area (Å²) in [6, 6.07) is 0. The second-order valence-corrected chi connectivity index (χ2v) is 6.09. The van der Waals surface area contributed by atoms with Crippen LogP contribution in [0.15, 0.2) is 0 Å². The van der Waals surface area contributed by atoms with Crippen LogP contribution in [0.1, 0.15) is 77.6 Å². The highest BCUT2D eigenvalue weighted by Gasteiger charge is 2.40. The van der Waals surface area contributed by atoms with Crippen molar-refractivity contribution < 1.29 is 14.7 Å². The third-order valence-electron chi connectivity index (χ3n) is 4.37. The van der Waals surface area contributed by atoms with Crippen LogP contribution >= 0.6 is 0 Å². The number of nitrogens with one attached hydrogen (secondary N) is 1. The van der Waals surface area contributed by atoms with E-state index in [1.807, 2.05) is 0 Å². The van der Waals surface area contributed by atoms with Crippen molar-refractivity contribution in [3.63, 3.8) is 0 Å². The summed E-state index contributed by atoms with van der Waals surface area (Å²) in [6.45, 7) is 2.83. The quantitative estimate of drug-likeness (QED) is 0.529. The molecule has 0 aliphatic heterocycles. The molecule has 0 bridgehead atoms. The van der Waals surface area contributed by atoms with Gasteiger partial charge in [-0.05, 0) is 19.3 Å². The van der Waals surface area contributed by atoms with Crippen molar-refractivity contribution in [3.05, 3.63) is 0 Å². The standard InChI is InChI=1S/C16H29NO3/c1-2-3-4-9-12-17-14(18)13-16(15(19)20)10-7-5-6-8-11-16/h2-13H2,1H3,(H,17,18)(H,19,20). The molecule has 0 heterocycles. The number of rotatable bonds is 8. The molecular weight excluding hydrogens is 254 g/mol. The summed E-state index contributed by atoms with van der Waals surface area (Å²) in [6.07, 6.45) is 9.95. The van der Waals surface area contributed by atoms with Gasteiger partial charge in [0.2, 0.25) is 5.91 Å². The minimum absolute atomic E-state index is 0.0919. The van der Waals surface area contributed by atoms with Gasteiger partial charge in [0.15, 0.2) is 0 Å². The van der Waals surface area contributed by atoms with Crippen LogP contribution in [0.3, 0.4) is 0 Å². The number of carbonyl (C=O) groups excluding carboxylic acids is 1. The van der Waals surface area contributed by atoms with Crippen molar-refractivity contribution in [2.75, 3.05) is 6.54 Å². The minimum atomic E-state index is -0.815. The Bertz CT molecular complexity index is 307. The summed E-state index contributed by atoms with van der Waals surface area (Å²) < 4.78 is 0. The molecule has 1 amide bonds. The summed E-state index contributed by atoms with van der Waals surface area (Å²) >= 11 is 0. The zero-order valence-electron chi connectivity index (χ0n) is 12.7. The third-order valence-corrected chi connectivity index (χ3v) is 4.37. The molecule has 0 radical (unpaired) electrons. The largest absolute Gasteiger partial charge is 0.481 e. The van der Waals surface area contributed by atoms with Crippen molar-refractivity contribution in [1.82, 2.24) is 5.32 Å². The summed E-state index contributed by atoms with van der Waals surface area (Å²) in [7, 11) is 0. The van der Waals surface area contributed by atoms with Crippen LogP contribution in [0.2, 0.25) is 0 Å². The number of carboxylic acid groups (broad SMARTS) is 1. The average molecular weight is 283 g/mol. The van der Waals surface area contributed by atoms with E-state index in [4.69, 9.17) is 0 Å². The molecule has 2 N–H and O–H groups in total. The number of unbranched alkanes of at least 4 members (excludes halogenated alkanes) is 3. The van der Waals surface area contributed by atoms with Crippen molar-refractivity contribution in [1.29, 1.82) is 0 Å². The Balaban J connectivity index is 2.40. The van der Waals surface area contributed by atoms with Gasteiger partial charge in [-0.25, -0.2) is 0 Å². The summed E-state index contributed by atoms with van der Waals surface area (Å²) in [5.41, 5.74) is -0.815. The lowest BCUT2D eigenvalue weighted by Gasteiger charge is -2.27. The Morgan fingerprint density at radius 1 is 1.05 bits per heavy atom. The number of hydrogen-bond donors (Lipinski definition) is 2. The predicted octanol–water partition coefficient (Wildman–Crippen LogP) is 3.50. The number of hydrogen-bond acceptors (Lipinski definition) is 2. The molecule has 1 fully saturated rings. The highest BCUT2D eigenvalue weighted by Crippen LogP contribution is 2.38. The third kappa shape index (κ3) is 5.51. The molecule has 1 aliphatic rings. The molecule has 0 aromatic carbocycles. The molecule has 0 spiro atoms. The van der Waals surface area contributed by atoms with Crippen molar-refractivity contribution in [2.24, 2.45) is 5.41 Å². The summed E-state index contributed by atoms with van der Waals surface area (Å²) in [5.74, 6) is -0.883. The van der Waals surface area contributed by atoms with Gasteiger partial charge in [0.05, 0.1) is 5.41 Å². The Morgan fingerprint density at radius 3 is 2.25 bits per heavy atom. The van der Waals surface area contributed by atoms with E-state index in [0.717, 1.165) is 38.5 Å². The molecule has 4 nitrogen and oxygen atoms in total. The second kappa shape index (κ2) is 8.98. The highest BCUT2D eigenvalue weighted by atomic mass is 16.4. The molecule has 0 aromatic rings. The smallest absolute Gasteiger partial charge is 0.310 e. The van der Waals surface area contributed by atoms with Crippen LogP contribution in [0.5, 0.6) is 0 Å². The normalized spacial score (nSPS) is 18.2. The van der Waals surface area contributed by atoms with Crippen LogP contribution in [0, 0.1) is 5.41 Å². The maximum Gasteiger partial charge on any atom is 0.310 e. The van der Waals surface area contributed by atoms with Crippen LogP contribution in [-0.4, -0.2) is 23.5 Å². The van der Waals surface area contributed by atoms with E-state index < -0.39 is 11.4 Å². The lowest BCUT2D eigenvalue weighted by molar-refractivity contribution is -0.152. The molecule has 0 aromatic heterocycles. The second-order valence-electron chi connectivity index (χ2n) is 6.09. The van der Waals surface area contributed by atoms with Crippen LogP contribution in [0.4, 0.5) is 0 Å². The molecular formula is C16H29NO3. The SMILES string of the molecule is CCCCCCNC(=O)CC1(C(=O)O)CCCCCC1. The Labute approximate surface area is 122 Å². The van der Waals surface area contributed by atoms with Crippen LogP contribution in [0.25, 0.3) is 0 Å². The van der Waals surface area contributed by atoms with E-state index in [-0.39, 0.29) is 12.3 Å². The summed E-state index contributed by atoms with van der Waals surface area (Å²) in [4.78, 5) is 23.6. The average Bonchev–Trinajstić information content (AvgIpc) is 2.65. The van der Waals surface area contributed by atoms with Gasteiger partial charge in [0.25, 0.3) is 0 Å². The molecule has 0 unspecified atom stereocenters. The predicted molar refractivity (Wildman–Crippen MR) is 79.5 cm³/mol. The number of carboxylic acids is 1. The van der Waals surface area contributed by atoms with Gasteiger partial charge in [0.1, 0.15) is 0 Å². The van der Waals surface area contributed by atoms with Gasteiger partial charge in [-0.15, -0.1) is 0 Å². The number of carbonyl (C=O) groups is 2. The first kappa shape index (κ1) is 17.0. The van der Waals surface area contributed by atoms with Crippen molar-refractivity contribution in [3.8, 4) is 0 Å². The summed E-state index contributed by atoms with van der Waals surface area (Å²) in [5, 5.41) is 12.4.